The van der Waals surface area contributed by atoms with E-state index in [1.165, 1.54) is 33.4 Å². The Morgan fingerprint density at radius 2 is 1.03 bits per heavy atom. The third-order valence-corrected chi connectivity index (χ3v) is 6.64. The highest BCUT2D eigenvalue weighted by molar-refractivity contribution is 5.48. The van der Waals surface area contributed by atoms with Gasteiger partial charge in [-0.25, -0.2) is 0 Å². The molecule has 2 aliphatic heterocycles. The lowest BCUT2D eigenvalue weighted by molar-refractivity contribution is 0.217. The van der Waals surface area contributed by atoms with Crippen molar-refractivity contribution in [1.29, 1.82) is 0 Å². The molecule has 0 saturated carbocycles. The quantitative estimate of drug-likeness (QED) is 0.704. The van der Waals surface area contributed by atoms with Gasteiger partial charge in [0.1, 0.15) is 23.7 Å². The van der Waals surface area contributed by atoms with Crippen LogP contribution in [0.5, 0.6) is 11.5 Å². The van der Waals surface area contributed by atoms with E-state index in [2.05, 4.69) is 76.4 Å². The minimum Gasteiger partial charge on any atom is -0.488 e. The highest BCUT2D eigenvalue weighted by Gasteiger charge is 2.24. The summed E-state index contributed by atoms with van der Waals surface area (Å²) >= 11 is 0. The molecule has 4 atom stereocenters. The van der Waals surface area contributed by atoms with Gasteiger partial charge >= 0.3 is 0 Å². The van der Waals surface area contributed by atoms with Crippen LogP contribution in [0.15, 0.2) is 24.3 Å². The number of rotatable bonds is 6. The lowest BCUT2D eigenvalue weighted by Gasteiger charge is -2.20. The van der Waals surface area contributed by atoms with Crippen molar-refractivity contribution in [1.82, 2.24) is 10.6 Å². The Morgan fingerprint density at radius 1 is 0.677 bits per heavy atom. The highest BCUT2D eigenvalue weighted by Crippen LogP contribution is 2.31. The van der Waals surface area contributed by atoms with E-state index in [1.54, 1.807) is 0 Å². The lowest BCUT2D eigenvalue weighted by Crippen LogP contribution is -2.21. The number of nitrogens with one attached hydrogen (secondary N) is 2. The first-order chi connectivity index (χ1) is 14.8. The number of hydrogen-bond donors (Lipinski definition) is 2. The van der Waals surface area contributed by atoms with Crippen LogP contribution in [0.1, 0.15) is 60.1 Å². The second kappa shape index (κ2) is 9.22. The molecule has 0 amide bonds. The van der Waals surface area contributed by atoms with Crippen LogP contribution in [0, 0.1) is 27.7 Å². The van der Waals surface area contributed by atoms with Gasteiger partial charge in [0.25, 0.3) is 0 Å². The van der Waals surface area contributed by atoms with Crippen LogP contribution in [-0.2, 0) is 6.42 Å². The molecule has 0 bridgehead atoms. The molecule has 2 fully saturated rings. The number of ether oxygens (including phenoxy) is 2. The summed E-state index contributed by atoms with van der Waals surface area (Å²) in [6.45, 7) is 15.0. The molecular weight excluding hydrogens is 384 g/mol. The molecule has 0 aliphatic carbocycles. The summed E-state index contributed by atoms with van der Waals surface area (Å²) in [6.07, 6.45) is 3.61. The van der Waals surface area contributed by atoms with Gasteiger partial charge in [0.15, 0.2) is 0 Å². The summed E-state index contributed by atoms with van der Waals surface area (Å²) < 4.78 is 12.7. The van der Waals surface area contributed by atoms with Gasteiger partial charge in [-0.3, -0.25) is 0 Å². The Morgan fingerprint density at radius 3 is 1.32 bits per heavy atom. The van der Waals surface area contributed by atoms with E-state index >= 15 is 0 Å². The van der Waals surface area contributed by atoms with Crippen molar-refractivity contribution in [2.45, 2.75) is 85.1 Å². The van der Waals surface area contributed by atoms with Crippen LogP contribution >= 0.6 is 0 Å². The van der Waals surface area contributed by atoms with Crippen molar-refractivity contribution in [3.63, 3.8) is 0 Å². The van der Waals surface area contributed by atoms with E-state index in [4.69, 9.17) is 9.47 Å². The monoisotopic (exact) mass is 422 g/mol. The SMILES string of the molecule is Cc1cc(Cc2cc(C)c(O[C@@H]3CN[C@H](C)C3)c(C)c2)cc(C)c1OC1CN[C@H](C)C1. The van der Waals surface area contributed by atoms with Crippen LogP contribution in [0.25, 0.3) is 0 Å². The van der Waals surface area contributed by atoms with E-state index in [-0.39, 0.29) is 12.2 Å². The van der Waals surface area contributed by atoms with Gasteiger partial charge < -0.3 is 20.1 Å². The van der Waals surface area contributed by atoms with Crippen LogP contribution in [0.3, 0.4) is 0 Å². The Labute approximate surface area is 187 Å². The van der Waals surface area contributed by atoms with Gasteiger partial charge in [0.05, 0.1) is 0 Å². The molecule has 31 heavy (non-hydrogen) atoms. The normalized spacial score (nSPS) is 25.7. The third-order valence-electron chi connectivity index (χ3n) is 6.64. The fourth-order valence-electron chi connectivity index (χ4n) is 5.19. The van der Waals surface area contributed by atoms with E-state index < -0.39 is 0 Å². The largest absolute Gasteiger partial charge is 0.488 e. The average Bonchev–Trinajstić information content (AvgIpc) is 3.29. The van der Waals surface area contributed by atoms with Crippen molar-refractivity contribution < 1.29 is 9.47 Å². The molecule has 2 saturated heterocycles. The van der Waals surface area contributed by atoms with Gasteiger partial charge in [-0.15, -0.1) is 0 Å². The molecule has 4 nitrogen and oxygen atoms in total. The van der Waals surface area contributed by atoms with Crippen molar-refractivity contribution in [3.05, 3.63) is 57.6 Å². The zero-order valence-corrected chi connectivity index (χ0v) is 20.0. The Balaban J connectivity index is 1.47. The van der Waals surface area contributed by atoms with E-state index in [1.807, 2.05) is 0 Å². The minimum atomic E-state index is 0.272. The third kappa shape index (κ3) is 5.24. The molecule has 2 aromatic rings. The van der Waals surface area contributed by atoms with Gasteiger partial charge in [-0.1, -0.05) is 24.3 Å². The van der Waals surface area contributed by atoms with E-state index in [0.717, 1.165) is 43.9 Å². The smallest absolute Gasteiger partial charge is 0.125 e. The van der Waals surface area contributed by atoms with Crippen molar-refractivity contribution in [2.24, 2.45) is 0 Å². The number of aryl methyl sites for hydroxylation is 4. The molecule has 2 N–H and O–H groups in total. The fraction of sp³-hybridized carbons (Fsp3) is 0.556. The van der Waals surface area contributed by atoms with E-state index in [0.29, 0.717) is 12.1 Å². The van der Waals surface area contributed by atoms with E-state index in [9.17, 15) is 0 Å². The number of hydrogen-bond acceptors (Lipinski definition) is 4. The van der Waals surface area contributed by atoms with Gasteiger partial charge in [-0.2, -0.15) is 0 Å². The van der Waals surface area contributed by atoms with Crippen molar-refractivity contribution >= 4 is 0 Å². The van der Waals surface area contributed by atoms with Crippen molar-refractivity contribution in [2.75, 3.05) is 13.1 Å². The Hall–Kier alpha value is -2.04. The summed E-state index contributed by atoms with van der Waals surface area (Å²) in [6, 6.07) is 10.2. The Bertz CT molecular complexity index is 817. The molecule has 168 valence electrons. The van der Waals surface area contributed by atoms with Crippen molar-refractivity contribution in [3.8, 4) is 11.5 Å². The summed E-state index contributed by atoms with van der Waals surface area (Å²) in [5.74, 6) is 2.11. The molecule has 4 heteroatoms. The average molecular weight is 423 g/mol. The molecule has 2 heterocycles. The first kappa shape index (κ1) is 22.2. The molecule has 4 rings (SSSR count). The first-order valence-electron chi connectivity index (χ1n) is 11.8. The fourth-order valence-corrected chi connectivity index (χ4v) is 5.19. The molecular formula is C27H38N2O2. The zero-order chi connectivity index (χ0) is 22.1. The maximum atomic E-state index is 6.35. The molecule has 0 radical (unpaired) electrons. The van der Waals surface area contributed by atoms with Crippen LogP contribution < -0.4 is 20.1 Å². The highest BCUT2D eigenvalue weighted by atomic mass is 16.5. The molecule has 1 unspecified atom stereocenters. The first-order valence-corrected chi connectivity index (χ1v) is 11.8. The predicted octanol–water partition coefficient (Wildman–Crippen LogP) is 4.77. The standard InChI is InChI=1S/C27H38N2O2/c1-16-7-22(8-17(2)26(16)30-24-11-20(5)28-14-24)13-23-9-18(3)27(19(4)10-23)31-25-12-21(6)29-15-25/h7-10,20-21,24-25,28-29H,11-15H2,1-6H3/t20-,21-,24+,25?/m1/s1. The maximum absolute atomic E-state index is 6.35. The maximum Gasteiger partial charge on any atom is 0.125 e. The predicted molar refractivity (Wildman–Crippen MR) is 128 cm³/mol. The summed E-state index contributed by atoms with van der Waals surface area (Å²) in [5, 5.41) is 6.95. The van der Waals surface area contributed by atoms with Crippen LogP contribution in [0.4, 0.5) is 0 Å². The minimum absolute atomic E-state index is 0.272. The second-order valence-electron chi connectivity index (χ2n) is 9.86. The van der Waals surface area contributed by atoms with Crippen LogP contribution in [-0.4, -0.2) is 37.4 Å². The molecule has 0 spiro atoms. The number of benzene rings is 2. The van der Waals surface area contributed by atoms with Gasteiger partial charge in [0.2, 0.25) is 0 Å². The van der Waals surface area contributed by atoms with Gasteiger partial charge in [0, 0.05) is 38.0 Å². The van der Waals surface area contributed by atoms with Gasteiger partial charge in [-0.05, 0) is 81.3 Å². The molecule has 2 aromatic carbocycles. The molecule has 2 aliphatic rings. The molecule has 0 aromatic heterocycles. The summed E-state index contributed by atoms with van der Waals surface area (Å²) in [4.78, 5) is 0. The Kier molecular flexibility index (Phi) is 6.59. The summed E-state index contributed by atoms with van der Waals surface area (Å²) in [5.41, 5.74) is 7.58. The second-order valence-corrected chi connectivity index (χ2v) is 9.86. The topological polar surface area (TPSA) is 42.5 Å². The zero-order valence-electron chi connectivity index (χ0n) is 20.0. The lowest BCUT2D eigenvalue weighted by atomic mass is 9.97. The summed E-state index contributed by atoms with van der Waals surface area (Å²) in [7, 11) is 0. The van der Waals surface area contributed by atoms with Crippen LogP contribution in [0.2, 0.25) is 0 Å².